The summed E-state index contributed by atoms with van der Waals surface area (Å²) in [5, 5.41) is 2.95. The summed E-state index contributed by atoms with van der Waals surface area (Å²) >= 11 is 2.99. The van der Waals surface area contributed by atoms with Gasteiger partial charge in [-0.05, 0) is 96.4 Å². The van der Waals surface area contributed by atoms with Gasteiger partial charge in [0.25, 0.3) is 24.0 Å². The Kier molecular flexibility index (Phi) is 12.5. The lowest BCUT2D eigenvalue weighted by Crippen LogP contribution is -2.26. The van der Waals surface area contributed by atoms with Gasteiger partial charge in [-0.25, -0.2) is 31.3 Å². The van der Waals surface area contributed by atoms with Crippen molar-refractivity contribution in [2.75, 3.05) is 12.4 Å². The standard InChI is InChI=1S/C25H23F3N4O2.C14H11BrF3NO/c1-15-12-31(14-29-15)22-9-8-20(11-23(22)34-3)30-21-10-18(24(27)28)13-32(25(21)33)16(2)17-4-6-19(26)7-5-17;1-8(9-2-4-11(16)5-3-9)19-7-10(13(17)18)6-12(15)14(19)20/h4-14,16,24,30H,1-3H3;2-8,13H,1H3/t16-;8-/m00/s1. The molecule has 0 aliphatic heterocycles. The van der Waals surface area contributed by atoms with Crippen LogP contribution in [-0.4, -0.2) is 25.8 Å². The molecule has 0 amide bonds. The van der Waals surface area contributed by atoms with E-state index in [0.29, 0.717) is 22.6 Å². The maximum atomic E-state index is 13.7. The third-order valence-electron chi connectivity index (χ3n) is 8.58. The first kappa shape index (κ1) is 39.6. The van der Waals surface area contributed by atoms with Crippen molar-refractivity contribution in [1.82, 2.24) is 18.7 Å². The largest absolute Gasteiger partial charge is 0.494 e. The molecule has 0 spiro atoms. The number of aromatic nitrogens is 4. The Hall–Kier alpha value is -5.57. The Morgan fingerprint density at radius 3 is 1.70 bits per heavy atom. The Balaban J connectivity index is 0.000000239. The van der Waals surface area contributed by atoms with Gasteiger partial charge >= 0.3 is 0 Å². The monoisotopic (exact) mass is 813 g/mol. The van der Waals surface area contributed by atoms with Crippen molar-refractivity contribution in [2.45, 2.75) is 45.7 Å². The van der Waals surface area contributed by atoms with Crippen LogP contribution < -0.4 is 21.2 Å². The van der Waals surface area contributed by atoms with Gasteiger partial charge in [0.1, 0.15) is 23.1 Å². The molecule has 0 saturated heterocycles. The zero-order valence-corrected chi connectivity index (χ0v) is 30.9. The van der Waals surface area contributed by atoms with Crippen LogP contribution in [0, 0.1) is 18.6 Å². The first-order valence-corrected chi connectivity index (χ1v) is 17.2. The van der Waals surface area contributed by atoms with Gasteiger partial charge in [-0.1, -0.05) is 24.3 Å². The maximum Gasteiger partial charge on any atom is 0.274 e. The number of imidazole rings is 1. The molecule has 8 nitrogen and oxygen atoms in total. The average molecular weight is 815 g/mol. The third kappa shape index (κ3) is 9.13. The van der Waals surface area contributed by atoms with Crippen molar-refractivity contribution in [3.05, 3.63) is 169 Å². The Bertz CT molecular complexity index is 2340. The van der Waals surface area contributed by atoms with Crippen molar-refractivity contribution in [3.63, 3.8) is 0 Å². The van der Waals surface area contributed by atoms with Crippen LogP contribution in [0.5, 0.6) is 5.75 Å². The minimum atomic E-state index is -2.78. The lowest BCUT2D eigenvalue weighted by molar-refractivity contribution is 0.149. The molecule has 15 heteroatoms. The van der Waals surface area contributed by atoms with Crippen molar-refractivity contribution in [1.29, 1.82) is 0 Å². The van der Waals surface area contributed by atoms with Gasteiger partial charge in [-0.15, -0.1) is 0 Å². The number of pyridine rings is 2. The number of aryl methyl sites for hydroxylation is 1. The van der Waals surface area contributed by atoms with Crippen LogP contribution in [0.15, 0.2) is 118 Å². The van der Waals surface area contributed by atoms with Gasteiger partial charge in [0.05, 0.1) is 41.4 Å². The highest BCUT2D eigenvalue weighted by Gasteiger charge is 2.19. The zero-order chi connectivity index (χ0) is 39.3. The maximum absolute atomic E-state index is 13.7. The van der Waals surface area contributed by atoms with Crippen molar-refractivity contribution in [3.8, 4) is 11.4 Å². The number of rotatable bonds is 10. The average Bonchev–Trinajstić information content (AvgIpc) is 3.59. The van der Waals surface area contributed by atoms with Crippen molar-refractivity contribution >= 4 is 27.3 Å². The summed E-state index contributed by atoms with van der Waals surface area (Å²) in [7, 11) is 1.52. The minimum absolute atomic E-state index is 0.0139. The molecule has 54 heavy (non-hydrogen) atoms. The van der Waals surface area contributed by atoms with Crippen LogP contribution >= 0.6 is 15.9 Å². The first-order chi connectivity index (χ1) is 25.7. The smallest absolute Gasteiger partial charge is 0.274 e. The molecule has 0 bridgehead atoms. The number of alkyl halides is 4. The molecule has 2 atom stereocenters. The molecule has 6 aromatic rings. The SMILES string of the molecule is COc1cc(Nc2cc(C(F)F)cn([C@@H](C)c3ccc(F)cc3)c2=O)ccc1-n1cnc(C)c1.C[C@@H](c1ccc(F)cc1)n1cc(C(F)F)cc(Br)c1=O. The molecular weight excluding hydrogens is 780 g/mol. The molecule has 0 radical (unpaired) electrons. The van der Waals surface area contributed by atoms with E-state index in [4.69, 9.17) is 4.74 Å². The number of methoxy groups -OCH3 is 1. The summed E-state index contributed by atoms with van der Waals surface area (Å²) < 4.78 is 88.9. The molecular formula is C39H34BrF6N5O3. The molecule has 0 aliphatic carbocycles. The number of nitrogens with zero attached hydrogens (tertiary/aromatic N) is 4. The molecule has 0 unspecified atom stereocenters. The number of ether oxygens (including phenoxy) is 1. The fourth-order valence-electron chi connectivity index (χ4n) is 5.60. The van der Waals surface area contributed by atoms with E-state index in [-0.39, 0.29) is 21.3 Å². The second-order valence-electron chi connectivity index (χ2n) is 12.2. The molecule has 6 rings (SSSR count). The van der Waals surface area contributed by atoms with Crippen LogP contribution in [-0.2, 0) is 0 Å². The lowest BCUT2D eigenvalue weighted by Gasteiger charge is -2.19. The summed E-state index contributed by atoms with van der Waals surface area (Å²) in [5.74, 6) is -0.307. The van der Waals surface area contributed by atoms with Crippen LogP contribution in [0.25, 0.3) is 5.69 Å². The molecule has 3 aromatic heterocycles. The molecule has 3 aromatic carbocycles. The minimum Gasteiger partial charge on any atom is -0.494 e. The number of anilines is 2. The van der Waals surface area contributed by atoms with Crippen LogP contribution in [0.2, 0.25) is 0 Å². The van der Waals surface area contributed by atoms with E-state index < -0.39 is 47.7 Å². The number of nitrogens with one attached hydrogen (secondary N) is 1. The van der Waals surface area contributed by atoms with Gasteiger partial charge in [0, 0.05) is 41.5 Å². The van der Waals surface area contributed by atoms with Crippen LogP contribution in [0.1, 0.15) is 66.7 Å². The number of benzene rings is 3. The van der Waals surface area contributed by atoms with Crippen LogP contribution in [0.3, 0.4) is 0 Å². The third-order valence-corrected chi connectivity index (χ3v) is 9.14. The molecule has 282 valence electrons. The van der Waals surface area contributed by atoms with E-state index in [9.17, 15) is 35.9 Å². The molecule has 0 saturated carbocycles. The fraction of sp³-hybridized carbons (Fsp3) is 0.205. The molecule has 3 heterocycles. The number of halogens is 7. The summed E-state index contributed by atoms with van der Waals surface area (Å²) in [6, 6.07) is 17.5. The van der Waals surface area contributed by atoms with E-state index in [2.05, 4.69) is 26.2 Å². The van der Waals surface area contributed by atoms with Gasteiger partial charge in [-0.3, -0.25) is 9.59 Å². The highest BCUT2D eigenvalue weighted by atomic mass is 79.9. The van der Waals surface area contributed by atoms with E-state index >= 15 is 0 Å². The second kappa shape index (κ2) is 17.1. The van der Waals surface area contributed by atoms with Gasteiger partial charge in [0.15, 0.2) is 0 Å². The fourth-order valence-corrected chi connectivity index (χ4v) is 6.07. The Labute approximate surface area is 314 Å². The topological polar surface area (TPSA) is 83.1 Å². The van der Waals surface area contributed by atoms with Crippen molar-refractivity contribution in [2.24, 2.45) is 0 Å². The summed E-state index contributed by atoms with van der Waals surface area (Å²) in [5.41, 5.74) is 1.86. The summed E-state index contributed by atoms with van der Waals surface area (Å²) in [6.45, 7) is 5.25. The van der Waals surface area contributed by atoms with Crippen LogP contribution in [0.4, 0.5) is 37.7 Å². The van der Waals surface area contributed by atoms with Gasteiger partial charge < -0.3 is 23.8 Å². The van der Waals surface area contributed by atoms with E-state index in [1.807, 2.05) is 13.1 Å². The highest BCUT2D eigenvalue weighted by molar-refractivity contribution is 9.10. The zero-order valence-electron chi connectivity index (χ0n) is 29.3. The van der Waals surface area contributed by atoms with Gasteiger partial charge in [0.2, 0.25) is 0 Å². The lowest BCUT2D eigenvalue weighted by atomic mass is 10.1. The first-order valence-electron chi connectivity index (χ1n) is 16.4. The predicted octanol–water partition coefficient (Wildman–Crippen LogP) is 10.1. The quantitative estimate of drug-likeness (QED) is 0.139. The van der Waals surface area contributed by atoms with Crippen molar-refractivity contribution < 1.29 is 31.1 Å². The molecule has 0 fully saturated rings. The number of hydrogen-bond donors (Lipinski definition) is 1. The van der Waals surface area contributed by atoms with E-state index in [1.165, 1.54) is 64.8 Å². The Morgan fingerprint density at radius 2 is 1.22 bits per heavy atom. The second-order valence-corrected chi connectivity index (χ2v) is 13.1. The Morgan fingerprint density at radius 1 is 0.704 bits per heavy atom. The predicted molar refractivity (Wildman–Crippen MR) is 198 cm³/mol. The van der Waals surface area contributed by atoms with E-state index in [1.54, 1.807) is 42.9 Å². The molecule has 1 N–H and O–H groups in total. The highest BCUT2D eigenvalue weighted by Crippen LogP contribution is 2.30. The summed E-state index contributed by atoms with van der Waals surface area (Å²) in [4.78, 5) is 29.4. The molecule has 0 aliphatic rings. The van der Waals surface area contributed by atoms with Gasteiger partial charge in [-0.2, -0.15) is 0 Å². The normalized spacial score (nSPS) is 12.3. The van der Waals surface area contributed by atoms with E-state index in [0.717, 1.165) is 35.9 Å². The number of hydrogen-bond acceptors (Lipinski definition) is 5. The summed E-state index contributed by atoms with van der Waals surface area (Å²) in [6.07, 6.45) is 0.310.